The Morgan fingerprint density at radius 1 is 1.15 bits per heavy atom. The molecule has 0 amide bonds. The third-order valence-electron chi connectivity index (χ3n) is 3.12. The van der Waals surface area contributed by atoms with Crippen LogP contribution in [-0.2, 0) is 0 Å². The lowest BCUT2D eigenvalue weighted by Gasteiger charge is -2.40. The molecule has 0 aliphatic heterocycles. The van der Waals surface area contributed by atoms with Crippen molar-refractivity contribution in [1.82, 2.24) is 0 Å². The van der Waals surface area contributed by atoms with E-state index in [4.69, 9.17) is 0 Å². The van der Waals surface area contributed by atoms with Crippen LogP contribution in [0.5, 0.6) is 0 Å². The first-order valence-corrected chi connectivity index (χ1v) is 5.45. The summed E-state index contributed by atoms with van der Waals surface area (Å²) in [4.78, 5) is 0. The van der Waals surface area contributed by atoms with Gasteiger partial charge in [0.15, 0.2) is 0 Å². The van der Waals surface area contributed by atoms with Crippen molar-refractivity contribution < 1.29 is 5.11 Å². The highest BCUT2D eigenvalue weighted by molar-refractivity contribution is 4.89. The average Bonchev–Trinajstić information content (AvgIpc) is 1.98. The van der Waals surface area contributed by atoms with E-state index in [0.29, 0.717) is 5.92 Å². The van der Waals surface area contributed by atoms with Gasteiger partial charge in [0.2, 0.25) is 0 Å². The Labute approximate surface area is 83.5 Å². The third-order valence-corrected chi connectivity index (χ3v) is 3.12. The molecule has 0 spiro atoms. The number of rotatable bonds is 4. The maximum absolute atomic E-state index is 10.4. The lowest BCUT2D eigenvalue weighted by Crippen LogP contribution is -2.42. The van der Waals surface area contributed by atoms with Crippen LogP contribution in [-0.4, -0.2) is 10.7 Å². The van der Waals surface area contributed by atoms with Crippen LogP contribution in [0.4, 0.5) is 0 Å². The van der Waals surface area contributed by atoms with Gasteiger partial charge in [-0.1, -0.05) is 41.5 Å². The zero-order valence-corrected chi connectivity index (χ0v) is 10.1. The molecule has 1 nitrogen and oxygen atoms in total. The first kappa shape index (κ1) is 13.0. The smallest absolute Gasteiger partial charge is 0.0693 e. The van der Waals surface area contributed by atoms with Crippen LogP contribution < -0.4 is 0 Å². The van der Waals surface area contributed by atoms with E-state index in [2.05, 4.69) is 41.5 Å². The van der Waals surface area contributed by atoms with Crippen molar-refractivity contribution in [3.8, 4) is 0 Å². The van der Waals surface area contributed by atoms with Crippen LogP contribution in [0.3, 0.4) is 0 Å². The fourth-order valence-corrected chi connectivity index (χ4v) is 1.61. The fourth-order valence-electron chi connectivity index (χ4n) is 1.61. The van der Waals surface area contributed by atoms with Gasteiger partial charge in [-0.2, -0.15) is 0 Å². The van der Waals surface area contributed by atoms with E-state index in [0.717, 1.165) is 19.3 Å². The SMILES string of the molecule is CCC(O)(CCC(C)C)C(C)(C)C. The van der Waals surface area contributed by atoms with E-state index in [9.17, 15) is 5.11 Å². The highest BCUT2D eigenvalue weighted by Crippen LogP contribution is 2.37. The van der Waals surface area contributed by atoms with E-state index < -0.39 is 5.60 Å². The van der Waals surface area contributed by atoms with Gasteiger partial charge >= 0.3 is 0 Å². The van der Waals surface area contributed by atoms with Crippen molar-refractivity contribution >= 4 is 0 Å². The first-order valence-electron chi connectivity index (χ1n) is 5.45. The molecular formula is C12H26O. The number of hydrogen-bond donors (Lipinski definition) is 1. The molecule has 0 heterocycles. The molecule has 1 atom stereocenters. The van der Waals surface area contributed by atoms with Crippen LogP contribution in [0.15, 0.2) is 0 Å². The van der Waals surface area contributed by atoms with E-state index in [1.807, 2.05) is 0 Å². The Bertz CT molecular complexity index is 144. The highest BCUT2D eigenvalue weighted by atomic mass is 16.3. The minimum absolute atomic E-state index is 0.00333. The predicted molar refractivity (Wildman–Crippen MR) is 58.8 cm³/mol. The zero-order chi connectivity index (χ0) is 10.7. The number of aliphatic hydroxyl groups is 1. The monoisotopic (exact) mass is 186 g/mol. The van der Waals surface area contributed by atoms with Crippen molar-refractivity contribution in [2.45, 2.75) is 66.4 Å². The van der Waals surface area contributed by atoms with Crippen LogP contribution in [0.25, 0.3) is 0 Å². The maximum atomic E-state index is 10.4. The van der Waals surface area contributed by atoms with Gasteiger partial charge < -0.3 is 5.11 Å². The van der Waals surface area contributed by atoms with Crippen LogP contribution in [0.1, 0.15) is 60.8 Å². The lowest BCUT2D eigenvalue weighted by molar-refractivity contribution is -0.0706. The molecule has 0 rings (SSSR count). The van der Waals surface area contributed by atoms with Gasteiger partial charge in [0.25, 0.3) is 0 Å². The van der Waals surface area contributed by atoms with Crippen molar-refractivity contribution in [3.05, 3.63) is 0 Å². The molecule has 0 aromatic carbocycles. The topological polar surface area (TPSA) is 20.2 Å². The predicted octanol–water partition coefficient (Wildman–Crippen LogP) is 3.61. The third kappa shape index (κ3) is 3.68. The molecule has 0 saturated carbocycles. The minimum atomic E-state index is -0.489. The van der Waals surface area contributed by atoms with E-state index in [1.54, 1.807) is 0 Å². The number of hydrogen-bond acceptors (Lipinski definition) is 1. The van der Waals surface area contributed by atoms with Gasteiger partial charge in [-0.25, -0.2) is 0 Å². The summed E-state index contributed by atoms with van der Waals surface area (Å²) in [6, 6.07) is 0. The Hall–Kier alpha value is -0.0400. The molecule has 0 aromatic rings. The molecule has 0 bridgehead atoms. The van der Waals surface area contributed by atoms with Crippen molar-refractivity contribution in [2.75, 3.05) is 0 Å². The van der Waals surface area contributed by atoms with Gasteiger partial charge in [0, 0.05) is 0 Å². The summed E-state index contributed by atoms with van der Waals surface area (Å²) in [7, 11) is 0. The molecule has 0 radical (unpaired) electrons. The summed E-state index contributed by atoms with van der Waals surface area (Å²) >= 11 is 0. The van der Waals surface area contributed by atoms with Gasteiger partial charge in [-0.3, -0.25) is 0 Å². The Kier molecular flexibility index (Phi) is 4.44. The normalized spacial score (nSPS) is 17.5. The van der Waals surface area contributed by atoms with E-state index in [-0.39, 0.29) is 5.41 Å². The standard InChI is InChI=1S/C12H26O/c1-7-12(13,11(4,5)6)9-8-10(2)3/h10,13H,7-9H2,1-6H3. The van der Waals surface area contributed by atoms with E-state index >= 15 is 0 Å². The molecule has 0 fully saturated rings. The lowest BCUT2D eigenvalue weighted by atomic mass is 9.71. The molecule has 1 N–H and O–H groups in total. The average molecular weight is 186 g/mol. The van der Waals surface area contributed by atoms with Crippen molar-refractivity contribution in [1.29, 1.82) is 0 Å². The summed E-state index contributed by atoms with van der Waals surface area (Å²) in [6.45, 7) is 12.9. The minimum Gasteiger partial charge on any atom is -0.389 e. The Morgan fingerprint density at radius 2 is 1.62 bits per heavy atom. The Balaban J connectivity index is 4.29. The zero-order valence-electron chi connectivity index (χ0n) is 10.1. The van der Waals surface area contributed by atoms with Crippen LogP contribution in [0.2, 0.25) is 0 Å². The summed E-state index contributed by atoms with van der Waals surface area (Å²) in [5.41, 5.74) is -0.492. The fraction of sp³-hybridized carbons (Fsp3) is 1.00. The summed E-state index contributed by atoms with van der Waals surface area (Å²) in [5.74, 6) is 0.681. The van der Waals surface area contributed by atoms with E-state index in [1.165, 1.54) is 0 Å². The van der Waals surface area contributed by atoms with Crippen molar-refractivity contribution in [2.24, 2.45) is 11.3 Å². The largest absolute Gasteiger partial charge is 0.389 e. The van der Waals surface area contributed by atoms with Crippen LogP contribution >= 0.6 is 0 Å². The maximum Gasteiger partial charge on any atom is 0.0693 e. The molecule has 0 saturated heterocycles. The molecule has 1 unspecified atom stereocenters. The Morgan fingerprint density at radius 3 is 1.85 bits per heavy atom. The van der Waals surface area contributed by atoms with Gasteiger partial charge in [-0.15, -0.1) is 0 Å². The first-order chi connectivity index (χ1) is 5.73. The molecule has 1 heteroatoms. The molecule has 0 aliphatic carbocycles. The molecular weight excluding hydrogens is 160 g/mol. The quantitative estimate of drug-likeness (QED) is 0.711. The summed E-state index contributed by atoms with van der Waals surface area (Å²) in [6.07, 6.45) is 2.88. The van der Waals surface area contributed by atoms with Gasteiger partial charge in [0.05, 0.1) is 5.60 Å². The molecule has 13 heavy (non-hydrogen) atoms. The second-order valence-electron chi connectivity index (χ2n) is 5.57. The highest BCUT2D eigenvalue weighted by Gasteiger charge is 2.37. The van der Waals surface area contributed by atoms with Crippen molar-refractivity contribution in [3.63, 3.8) is 0 Å². The second kappa shape index (κ2) is 4.45. The molecule has 80 valence electrons. The molecule has 0 aliphatic rings. The van der Waals surface area contributed by atoms with Gasteiger partial charge in [0.1, 0.15) is 0 Å². The molecule has 0 aromatic heterocycles. The summed E-state index contributed by atoms with van der Waals surface area (Å²) < 4.78 is 0. The summed E-state index contributed by atoms with van der Waals surface area (Å²) in [5, 5.41) is 10.4. The second-order valence-corrected chi connectivity index (χ2v) is 5.57. The van der Waals surface area contributed by atoms with Gasteiger partial charge in [-0.05, 0) is 30.6 Å². The van der Waals surface area contributed by atoms with Crippen LogP contribution in [0, 0.1) is 11.3 Å².